The van der Waals surface area contributed by atoms with Crippen LogP contribution in [-0.2, 0) is 14.3 Å². The molecule has 0 aliphatic carbocycles. The first kappa shape index (κ1) is 56.3. The molecular weight excluding hydrogens is 763 g/mol. The third-order valence-electron chi connectivity index (χ3n) is 11.7. The topological polar surface area (TPSA) is 189 Å². The van der Waals surface area contributed by atoms with Crippen molar-refractivity contribution in [3.63, 3.8) is 0 Å². The quantitative estimate of drug-likeness (QED) is 0.0220. The second-order valence-corrected chi connectivity index (χ2v) is 17.2. The van der Waals surface area contributed by atoms with Crippen molar-refractivity contribution >= 4 is 5.91 Å². The van der Waals surface area contributed by atoms with Crippen LogP contribution in [0.25, 0.3) is 0 Å². The van der Waals surface area contributed by atoms with Gasteiger partial charge in [-0.2, -0.15) is 0 Å². The minimum atomic E-state index is -1.67. The van der Waals surface area contributed by atoms with E-state index in [1.807, 2.05) is 6.08 Å². The highest BCUT2D eigenvalue weighted by molar-refractivity contribution is 5.80. The zero-order valence-corrected chi connectivity index (χ0v) is 37.9. The molecule has 1 heterocycles. The highest BCUT2D eigenvalue weighted by Crippen LogP contribution is 2.23. The largest absolute Gasteiger partial charge is 0.394 e. The Balaban J connectivity index is 2.27. The molecule has 0 bridgehead atoms. The minimum Gasteiger partial charge on any atom is -0.394 e. The normalized spacial score (nSPS) is 21.9. The van der Waals surface area contributed by atoms with Crippen LogP contribution in [0.15, 0.2) is 36.5 Å². The number of carbonyl (C=O) groups is 1. The van der Waals surface area contributed by atoms with Gasteiger partial charge in [0.25, 0.3) is 0 Å². The zero-order valence-electron chi connectivity index (χ0n) is 37.9. The maximum atomic E-state index is 13.0. The molecule has 1 aliphatic rings. The van der Waals surface area contributed by atoms with E-state index in [0.29, 0.717) is 12.8 Å². The summed E-state index contributed by atoms with van der Waals surface area (Å²) in [7, 11) is 0. The molecule has 11 heteroatoms. The molecule has 0 radical (unpaired) electrons. The van der Waals surface area contributed by atoms with Gasteiger partial charge in [0.15, 0.2) is 6.29 Å². The van der Waals surface area contributed by atoms with Crippen molar-refractivity contribution in [3.05, 3.63) is 36.5 Å². The summed E-state index contributed by atoms with van der Waals surface area (Å²) in [5.74, 6) is -0.713. The number of ether oxygens (including phenoxy) is 2. The van der Waals surface area contributed by atoms with Gasteiger partial charge in [-0.15, -0.1) is 0 Å². The number of aliphatic hydroxyl groups is 7. The Bertz CT molecular complexity index is 1070. The number of allylic oxidation sites excluding steroid dienone is 6. The first-order valence-corrected chi connectivity index (χ1v) is 24.4. The number of carbonyl (C=O) groups excluding carboxylic acids is 1. The van der Waals surface area contributed by atoms with E-state index in [4.69, 9.17) is 9.47 Å². The summed E-state index contributed by atoms with van der Waals surface area (Å²) in [6.45, 7) is 3.32. The summed E-state index contributed by atoms with van der Waals surface area (Å²) >= 11 is 0. The van der Waals surface area contributed by atoms with Gasteiger partial charge in [0.05, 0.1) is 25.4 Å². The van der Waals surface area contributed by atoms with Gasteiger partial charge < -0.3 is 50.5 Å². The lowest BCUT2D eigenvalue weighted by Gasteiger charge is -2.40. The molecule has 1 aliphatic heterocycles. The molecule has 11 nitrogen and oxygen atoms in total. The molecule has 1 amide bonds. The van der Waals surface area contributed by atoms with Crippen LogP contribution in [0.3, 0.4) is 0 Å². The molecule has 1 fully saturated rings. The molecule has 9 atom stereocenters. The first-order valence-electron chi connectivity index (χ1n) is 24.4. The second kappa shape index (κ2) is 39.0. The van der Waals surface area contributed by atoms with Crippen LogP contribution >= 0.6 is 0 Å². The molecule has 9 unspecified atom stereocenters. The Kier molecular flexibility index (Phi) is 36.6. The minimum absolute atomic E-state index is 0.249. The molecular formula is C49H91NO10. The molecule has 60 heavy (non-hydrogen) atoms. The van der Waals surface area contributed by atoms with E-state index in [1.165, 1.54) is 103 Å². The molecule has 0 aromatic heterocycles. The van der Waals surface area contributed by atoms with E-state index in [9.17, 15) is 40.5 Å². The van der Waals surface area contributed by atoms with Crippen LogP contribution < -0.4 is 5.32 Å². The lowest BCUT2D eigenvalue weighted by atomic mass is 9.98. The highest BCUT2D eigenvalue weighted by atomic mass is 16.7. The van der Waals surface area contributed by atoms with E-state index in [-0.39, 0.29) is 12.8 Å². The van der Waals surface area contributed by atoms with Gasteiger partial charge in [-0.25, -0.2) is 0 Å². The third kappa shape index (κ3) is 28.1. The SMILES string of the molecule is CCCC/C=C/CCCC(O)C(O)C(COC1OC(CO)C(O)C(O)C1O)NC(=O)C(O)CCCCCCCCCCCC/C=C\C/C=C\CCCCCCCCCCC. The predicted molar refractivity (Wildman–Crippen MR) is 242 cm³/mol. The van der Waals surface area contributed by atoms with Gasteiger partial charge in [0.1, 0.15) is 36.6 Å². The molecule has 8 N–H and O–H groups in total. The van der Waals surface area contributed by atoms with Crippen LogP contribution in [0.5, 0.6) is 0 Å². The Hall–Kier alpha value is -1.67. The Morgan fingerprint density at radius 3 is 1.58 bits per heavy atom. The van der Waals surface area contributed by atoms with Crippen molar-refractivity contribution in [2.75, 3.05) is 13.2 Å². The van der Waals surface area contributed by atoms with Crippen LogP contribution in [-0.4, -0.2) is 110 Å². The molecule has 352 valence electrons. The van der Waals surface area contributed by atoms with E-state index >= 15 is 0 Å². The first-order chi connectivity index (χ1) is 29.2. The Morgan fingerprint density at radius 2 is 1.05 bits per heavy atom. The number of rotatable bonds is 40. The molecule has 1 saturated heterocycles. The molecule has 0 aromatic rings. The number of hydrogen-bond donors (Lipinski definition) is 8. The second-order valence-electron chi connectivity index (χ2n) is 17.2. The lowest BCUT2D eigenvalue weighted by molar-refractivity contribution is -0.303. The fourth-order valence-corrected chi connectivity index (χ4v) is 7.57. The lowest BCUT2D eigenvalue weighted by Crippen LogP contribution is -2.60. The molecule has 0 aromatic carbocycles. The van der Waals surface area contributed by atoms with E-state index in [2.05, 4.69) is 49.5 Å². The number of amides is 1. The number of aliphatic hydroxyl groups excluding tert-OH is 7. The van der Waals surface area contributed by atoms with Crippen LogP contribution in [0.2, 0.25) is 0 Å². The maximum absolute atomic E-state index is 13.0. The molecule has 0 spiro atoms. The maximum Gasteiger partial charge on any atom is 0.249 e. The van der Waals surface area contributed by atoms with Crippen molar-refractivity contribution in [2.24, 2.45) is 0 Å². The van der Waals surface area contributed by atoms with Gasteiger partial charge in [0.2, 0.25) is 5.91 Å². The van der Waals surface area contributed by atoms with Crippen molar-refractivity contribution in [2.45, 2.75) is 255 Å². The fourth-order valence-electron chi connectivity index (χ4n) is 7.57. The fraction of sp³-hybridized carbons (Fsp3) is 0.857. The Labute approximate surface area is 365 Å². The van der Waals surface area contributed by atoms with Crippen molar-refractivity contribution < 1.29 is 50.0 Å². The Morgan fingerprint density at radius 1 is 0.583 bits per heavy atom. The molecule has 1 rings (SSSR count). The highest BCUT2D eigenvalue weighted by Gasteiger charge is 2.44. The number of unbranched alkanes of at least 4 members (excludes halogenated alkanes) is 22. The van der Waals surface area contributed by atoms with Crippen LogP contribution in [0.4, 0.5) is 0 Å². The van der Waals surface area contributed by atoms with Gasteiger partial charge in [-0.3, -0.25) is 4.79 Å². The van der Waals surface area contributed by atoms with Crippen LogP contribution in [0, 0.1) is 0 Å². The zero-order chi connectivity index (χ0) is 44.1. The van der Waals surface area contributed by atoms with E-state index in [1.54, 1.807) is 0 Å². The van der Waals surface area contributed by atoms with Crippen molar-refractivity contribution in [1.29, 1.82) is 0 Å². The number of nitrogens with one attached hydrogen (secondary N) is 1. The summed E-state index contributed by atoms with van der Waals surface area (Å²) in [6, 6.07) is -1.18. The standard InChI is InChI=1S/C49H91NO10/c1-3-5-7-9-11-12-13-14-15-16-17-18-19-20-21-22-23-24-25-26-27-28-29-31-33-35-37-42(53)48(58)50-40(44(54)41(52)36-34-32-30-10-8-6-4-2)39-59-49-47(57)46(56)45(55)43(38-51)60-49/h10,17-18,20-21,30,40-47,49,51-57H,3-9,11-16,19,22-29,31-39H2,1-2H3,(H,50,58)/b18-17-,21-20-,30-10+. The van der Waals surface area contributed by atoms with Crippen molar-refractivity contribution in [1.82, 2.24) is 5.32 Å². The van der Waals surface area contributed by atoms with Gasteiger partial charge in [0, 0.05) is 0 Å². The number of hydrogen-bond acceptors (Lipinski definition) is 10. The van der Waals surface area contributed by atoms with Crippen LogP contribution in [0.1, 0.15) is 200 Å². The summed E-state index contributed by atoms with van der Waals surface area (Å²) in [5.41, 5.74) is 0. The summed E-state index contributed by atoms with van der Waals surface area (Å²) in [5, 5.41) is 75.3. The van der Waals surface area contributed by atoms with Gasteiger partial charge >= 0.3 is 0 Å². The summed E-state index contributed by atoms with van der Waals surface area (Å²) < 4.78 is 11.0. The average Bonchev–Trinajstić information content (AvgIpc) is 3.25. The molecule has 0 saturated carbocycles. The summed E-state index contributed by atoms with van der Waals surface area (Å²) in [6.07, 6.45) is 33.9. The predicted octanol–water partition coefficient (Wildman–Crippen LogP) is 8.39. The summed E-state index contributed by atoms with van der Waals surface area (Å²) in [4.78, 5) is 13.0. The average molecular weight is 854 g/mol. The smallest absolute Gasteiger partial charge is 0.249 e. The van der Waals surface area contributed by atoms with Gasteiger partial charge in [-0.05, 0) is 64.2 Å². The van der Waals surface area contributed by atoms with Crippen molar-refractivity contribution in [3.8, 4) is 0 Å². The van der Waals surface area contributed by atoms with E-state index in [0.717, 1.165) is 57.8 Å². The monoisotopic (exact) mass is 854 g/mol. The van der Waals surface area contributed by atoms with Gasteiger partial charge in [-0.1, -0.05) is 172 Å². The van der Waals surface area contributed by atoms with E-state index < -0.39 is 74.2 Å². The third-order valence-corrected chi connectivity index (χ3v) is 11.7.